The summed E-state index contributed by atoms with van der Waals surface area (Å²) in [5.74, 6) is 0.0866. The number of piperidine rings is 1. The zero-order valence-electron chi connectivity index (χ0n) is 18.1. The van der Waals surface area contributed by atoms with Crippen molar-refractivity contribution in [3.63, 3.8) is 0 Å². The molecule has 0 spiro atoms. The first kappa shape index (κ1) is 22.7. The maximum absolute atomic E-state index is 13.2. The lowest BCUT2D eigenvalue weighted by Crippen LogP contribution is -2.29. The van der Waals surface area contributed by atoms with Crippen molar-refractivity contribution in [3.05, 3.63) is 64.1 Å². The highest BCUT2D eigenvalue weighted by Gasteiger charge is 2.26. The Morgan fingerprint density at radius 2 is 1.75 bits per heavy atom. The molecule has 2 aliphatic rings. The van der Waals surface area contributed by atoms with Crippen molar-refractivity contribution in [2.24, 2.45) is 0 Å². The number of hydrogen-bond donors (Lipinski definition) is 0. The van der Waals surface area contributed by atoms with E-state index >= 15 is 0 Å². The third kappa shape index (κ3) is 5.13. The number of aryl methyl sites for hydroxylation is 1. The zero-order valence-corrected chi connectivity index (χ0v) is 19.0. The summed E-state index contributed by atoms with van der Waals surface area (Å²) in [6, 6.07) is 12.7. The Labute approximate surface area is 188 Å². The molecule has 0 N–H and O–H groups in total. The summed E-state index contributed by atoms with van der Waals surface area (Å²) in [4.78, 5) is 2.70. The highest BCUT2D eigenvalue weighted by molar-refractivity contribution is 7.93. The molecule has 1 aliphatic carbocycles. The standard InChI is InChI=1S/C24H28F2N2O3S/c1-27(17-18-5-9-21(10-6-18)28-13-3-2-4-14-28)32(29,30)23-12-8-19-15-22(31-24(25)26)11-7-20(19)16-23/h5-7,9-11,15-16,24H,2-4,8,12-14,17H2,1H3. The lowest BCUT2D eigenvalue weighted by molar-refractivity contribution is -0.0498. The third-order valence-corrected chi connectivity index (χ3v) is 8.04. The molecule has 0 bridgehead atoms. The van der Waals surface area contributed by atoms with Gasteiger partial charge in [0.05, 0.1) is 4.91 Å². The molecule has 0 amide bonds. The lowest BCUT2D eigenvalue weighted by Gasteiger charge is -2.29. The van der Waals surface area contributed by atoms with Crippen molar-refractivity contribution in [3.8, 4) is 5.75 Å². The number of fused-ring (bicyclic) bond motifs is 1. The molecule has 0 radical (unpaired) electrons. The van der Waals surface area contributed by atoms with Crippen molar-refractivity contribution < 1.29 is 21.9 Å². The van der Waals surface area contributed by atoms with E-state index < -0.39 is 16.6 Å². The Morgan fingerprint density at radius 3 is 2.44 bits per heavy atom. The monoisotopic (exact) mass is 462 g/mol. The number of allylic oxidation sites excluding steroid dienone is 1. The Balaban J connectivity index is 1.45. The third-order valence-electron chi connectivity index (χ3n) is 6.10. The molecule has 0 atom stereocenters. The summed E-state index contributed by atoms with van der Waals surface area (Å²) < 4.78 is 57.0. The Morgan fingerprint density at radius 1 is 1.03 bits per heavy atom. The predicted octanol–water partition coefficient (Wildman–Crippen LogP) is 5.03. The average molecular weight is 463 g/mol. The minimum Gasteiger partial charge on any atom is -0.435 e. The minimum absolute atomic E-state index is 0.0866. The molecule has 0 aromatic heterocycles. The smallest absolute Gasteiger partial charge is 0.387 e. The van der Waals surface area contributed by atoms with Gasteiger partial charge >= 0.3 is 6.61 Å². The van der Waals surface area contributed by atoms with Gasteiger partial charge in [0.25, 0.3) is 0 Å². The van der Waals surface area contributed by atoms with Crippen molar-refractivity contribution >= 4 is 21.8 Å². The van der Waals surface area contributed by atoms with Crippen molar-refractivity contribution in [2.75, 3.05) is 25.0 Å². The van der Waals surface area contributed by atoms with Crippen LogP contribution >= 0.6 is 0 Å². The van der Waals surface area contributed by atoms with E-state index in [2.05, 4.69) is 21.8 Å². The van der Waals surface area contributed by atoms with E-state index in [1.54, 1.807) is 25.3 Å². The van der Waals surface area contributed by atoms with Crippen LogP contribution < -0.4 is 9.64 Å². The Kier molecular flexibility index (Phi) is 6.81. The molecule has 4 rings (SSSR count). The summed E-state index contributed by atoms with van der Waals surface area (Å²) in [7, 11) is -2.04. The van der Waals surface area contributed by atoms with Crippen LogP contribution in [0.3, 0.4) is 0 Å². The second-order valence-electron chi connectivity index (χ2n) is 8.33. The molecule has 1 fully saturated rings. The van der Waals surface area contributed by atoms with E-state index in [4.69, 9.17) is 0 Å². The second-order valence-corrected chi connectivity index (χ2v) is 10.4. The number of rotatable bonds is 7. The van der Waals surface area contributed by atoms with E-state index in [0.717, 1.165) is 29.8 Å². The van der Waals surface area contributed by atoms with Crippen LogP contribution in [-0.4, -0.2) is 39.5 Å². The van der Waals surface area contributed by atoms with Gasteiger partial charge in [0.15, 0.2) is 0 Å². The van der Waals surface area contributed by atoms with Gasteiger partial charge in [-0.3, -0.25) is 0 Å². The fourth-order valence-electron chi connectivity index (χ4n) is 4.33. The summed E-state index contributed by atoms with van der Waals surface area (Å²) >= 11 is 0. The van der Waals surface area contributed by atoms with Gasteiger partial charge in [-0.1, -0.05) is 18.2 Å². The zero-order chi connectivity index (χ0) is 22.7. The lowest BCUT2D eigenvalue weighted by atomic mass is 9.97. The van der Waals surface area contributed by atoms with Gasteiger partial charge < -0.3 is 9.64 Å². The highest BCUT2D eigenvalue weighted by atomic mass is 32.2. The second kappa shape index (κ2) is 9.58. The molecule has 0 unspecified atom stereocenters. The SMILES string of the molecule is CN(Cc1ccc(N2CCCCC2)cc1)S(=O)(=O)C1=Cc2ccc(OC(F)F)cc2CC1. The first-order valence-corrected chi connectivity index (χ1v) is 12.4. The molecule has 5 nitrogen and oxygen atoms in total. The molecule has 1 aliphatic heterocycles. The van der Waals surface area contributed by atoms with Crippen LogP contribution in [-0.2, 0) is 23.0 Å². The molecular formula is C24H28F2N2O3S. The quantitative estimate of drug-likeness (QED) is 0.579. The van der Waals surface area contributed by atoms with Crippen molar-refractivity contribution in [1.29, 1.82) is 0 Å². The number of halogens is 2. The highest BCUT2D eigenvalue weighted by Crippen LogP contribution is 2.32. The molecule has 2 aromatic rings. The average Bonchev–Trinajstić information content (AvgIpc) is 2.79. The van der Waals surface area contributed by atoms with E-state index in [-0.39, 0.29) is 12.3 Å². The van der Waals surface area contributed by atoms with Gasteiger partial charge in [0.1, 0.15) is 5.75 Å². The minimum atomic E-state index is -3.63. The molecule has 0 saturated carbocycles. The number of alkyl halides is 2. The van der Waals surface area contributed by atoms with Crippen LogP contribution in [0.4, 0.5) is 14.5 Å². The van der Waals surface area contributed by atoms with Gasteiger partial charge in [-0.05, 0) is 79.1 Å². The summed E-state index contributed by atoms with van der Waals surface area (Å²) in [5, 5.41) is 0. The van der Waals surface area contributed by atoms with Gasteiger partial charge in [-0.2, -0.15) is 13.1 Å². The van der Waals surface area contributed by atoms with Gasteiger partial charge in [0.2, 0.25) is 10.0 Å². The van der Waals surface area contributed by atoms with E-state index in [1.165, 1.54) is 35.3 Å². The number of nitrogens with zero attached hydrogens (tertiary/aromatic N) is 2. The van der Waals surface area contributed by atoms with Crippen molar-refractivity contribution in [1.82, 2.24) is 4.31 Å². The Hall–Kier alpha value is -2.45. The fraction of sp³-hybridized carbons (Fsp3) is 0.417. The summed E-state index contributed by atoms with van der Waals surface area (Å²) in [5.41, 5.74) is 3.64. The van der Waals surface area contributed by atoms with Crippen LogP contribution in [0.1, 0.15) is 42.4 Å². The molecular weight excluding hydrogens is 434 g/mol. The number of ether oxygens (including phenoxy) is 1. The van der Waals surface area contributed by atoms with Gasteiger partial charge in [0, 0.05) is 32.4 Å². The Bertz CT molecular complexity index is 1080. The molecule has 2 aromatic carbocycles. The van der Waals surface area contributed by atoms with Crippen LogP contribution in [0.5, 0.6) is 5.75 Å². The number of hydrogen-bond acceptors (Lipinski definition) is 4. The first-order valence-electron chi connectivity index (χ1n) is 10.9. The summed E-state index contributed by atoms with van der Waals surface area (Å²) in [6.07, 6.45) is 6.12. The molecule has 1 saturated heterocycles. The maximum atomic E-state index is 13.2. The number of sulfonamides is 1. The first-order chi connectivity index (χ1) is 15.3. The van der Waals surface area contributed by atoms with Crippen LogP contribution in [0.15, 0.2) is 47.4 Å². The molecule has 1 heterocycles. The van der Waals surface area contributed by atoms with Crippen LogP contribution in [0.25, 0.3) is 6.08 Å². The fourth-order valence-corrected chi connectivity index (χ4v) is 5.68. The van der Waals surface area contributed by atoms with E-state index in [9.17, 15) is 17.2 Å². The van der Waals surface area contributed by atoms with Crippen molar-refractivity contribution in [2.45, 2.75) is 45.3 Å². The maximum Gasteiger partial charge on any atom is 0.387 e. The van der Waals surface area contributed by atoms with Gasteiger partial charge in [-0.25, -0.2) is 8.42 Å². The van der Waals surface area contributed by atoms with Crippen LogP contribution in [0, 0.1) is 0 Å². The van der Waals surface area contributed by atoms with E-state index in [1.807, 2.05) is 12.1 Å². The van der Waals surface area contributed by atoms with Gasteiger partial charge in [-0.15, -0.1) is 0 Å². The normalized spacial score (nSPS) is 16.8. The van der Waals surface area contributed by atoms with E-state index in [0.29, 0.717) is 17.7 Å². The molecule has 8 heteroatoms. The van der Waals surface area contributed by atoms with Crippen LogP contribution in [0.2, 0.25) is 0 Å². The number of anilines is 1. The molecule has 32 heavy (non-hydrogen) atoms. The summed E-state index contributed by atoms with van der Waals surface area (Å²) in [6.45, 7) is -0.461. The topological polar surface area (TPSA) is 49.9 Å². The largest absolute Gasteiger partial charge is 0.435 e. The molecule has 172 valence electrons. The number of benzene rings is 2. The predicted molar refractivity (Wildman–Crippen MR) is 122 cm³/mol.